The van der Waals surface area contributed by atoms with Gasteiger partial charge in [0, 0.05) is 31.7 Å². The van der Waals surface area contributed by atoms with Crippen molar-refractivity contribution in [2.75, 3.05) is 26.2 Å². The second kappa shape index (κ2) is 11.5. The van der Waals surface area contributed by atoms with Crippen LogP contribution in [0.1, 0.15) is 28.3 Å². The molecule has 0 N–H and O–H groups in total. The molecule has 4 aromatic rings. The van der Waals surface area contributed by atoms with Crippen LogP contribution in [-0.4, -0.2) is 52.8 Å². The van der Waals surface area contributed by atoms with E-state index >= 15 is 0 Å². The zero-order valence-corrected chi connectivity index (χ0v) is 22.1. The van der Waals surface area contributed by atoms with Crippen molar-refractivity contribution in [1.82, 2.24) is 14.9 Å². The molecule has 2 aliphatic rings. The Morgan fingerprint density at radius 1 is 0.659 bits per heavy atom. The Bertz CT molecular complexity index is 1530. The average Bonchev–Trinajstić information content (AvgIpc) is 3.32. The van der Waals surface area contributed by atoms with Gasteiger partial charge < -0.3 is 0 Å². The molecule has 4 aromatic carbocycles. The van der Waals surface area contributed by atoms with Crippen LogP contribution in [0.15, 0.2) is 114 Å². The van der Waals surface area contributed by atoms with E-state index in [9.17, 15) is 18.0 Å². The van der Waals surface area contributed by atoms with Crippen molar-refractivity contribution in [2.45, 2.75) is 6.04 Å². The molecular weight excluding hydrogens is 525 g/mol. The predicted molar refractivity (Wildman–Crippen MR) is 152 cm³/mol. The SMILES string of the molecule is O=C1/C(=C/c2ccc(F)cc2)N=C(c2ccccc2)N1N1CCN(C(c2ccc(F)cc2)c2ccc(F)cc2)CC1. The van der Waals surface area contributed by atoms with Crippen LogP contribution in [-0.2, 0) is 4.79 Å². The first-order valence-electron chi connectivity index (χ1n) is 13.4. The van der Waals surface area contributed by atoms with E-state index in [0.717, 1.165) is 16.7 Å². The number of carbonyl (C=O) groups excluding carboxylic acids is 1. The molecule has 2 heterocycles. The van der Waals surface area contributed by atoms with E-state index < -0.39 is 0 Å². The fourth-order valence-corrected chi connectivity index (χ4v) is 5.34. The van der Waals surface area contributed by atoms with Gasteiger partial charge in [0.25, 0.3) is 5.91 Å². The van der Waals surface area contributed by atoms with Crippen LogP contribution in [0.4, 0.5) is 13.2 Å². The third-order valence-electron chi connectivity index (χ3n) is 7.35. The second-order valence-corrected chi connectivity index (χ2v) is 9.99. The largest absolute Gasteiger partial charge is 0.292 e. The summed E-state index contributed by atoms with van der Waals surface area (Å²) in [4.78, 5) is 20.7. The Labute approximate surface area is 236 Å². The topological polar surface area (TPSA) is 39.2 Å². The summed E-state index contributed by atoms with van der Waals surface area (Å²) in [7, 11) is 0. The fourth-order valence-electron chi connectivity index (χ4n) is 5.34. The van der Waals surface area contributed by atoms with Gasteiger partial charge in [-0.15, -0.1) is 0 Å². The first-order chi connectivity index (χ1) is 20.0. The molecule has 1 saturated heterocycles. The molecule has 41 heavy (non-hydrogen) atoms. The third-order valence-corrected chi connectivity index (χ3v) is 7.35. The Balaban J connectivity index is 1.27. The van der Waals surface area contributed by atoms with Crippen LogP contribution in [0.2, 0.25) is 0 Å². The summed E-state index contributed by atoms with van der Waals surface area (Å²) >= 11 is 0. The minimum absolute atomic E-state index is 0.205. The third kappa shape index (κ3) is 5.70. The number of piperazine rings is 1. The molecule has 0 atom stereocenters. The molecule has 0 spiro atoms. The number of rotatable bonds is 6. The van der Waals surface area contributed by atoms with Crippen LogP contribution >= 0.6 is 0 Å². The van der Waals surface area contributed by atoms with Gasteiger partial charge in [-0.05, 0) is 59.2 Å². The first-order valence-corrected chi connectivity index (χ1v) is 13.4. The van der Waals surface area contributed by atoms with E-state index in [-0.39, 0.29) is 35.1 Å². The summed E-state index contributed by atoms with van der Waals surface area (Å²) in [5, 5.41) is 3.62. The van der Waals surface area contributed by atoms with E-state index in [2.05, 4.69) is 4.90 Å². The molecule has 1 fully saturated rings. The van der Waals surface area contributed by atoms with Crippen molar-refractivity contribution >= 4 is 17.8 Å². The highest BCUT2D eigenvalue weighted by molar-refractivity contribution is 6.19. The maximum absolute atomic E-state index is 13.7. The lowest BCUT2D eigenvalue weighted by Crippen LogP contribution is -2.56. The zero-order valence-electron chi connectivity index (χ0n) is 22.1. The number of nitrogens with zero attached hydrogens (tertiary/aromatic N) is 4. The van der Waals surface area contributed by atoms with E-state index in [1.54, 1.807) is 47.5 Å². The van der Waals surface area contributed by atoms with Crippen molar-refractivity contribution in [1.29, 1.82) is 0 Å². The number of aliphatic imine (C=N–C) groups is 1. The highest BCUT2D eigenvalue weighted by Crippen LogP contribution is 2.31. The molecule has 0 unspecified atom stereocenters. The number of benzene rings is 4. The van der Waals surface area contributed by atoms with Gasteiger partial charge in [-0.3, -0.25) is 9.69 Å². The second-order valence-electron chi connectivity index (χ2n) is 9.99. The van der Waals surface area contributed by atoms with Crippen molar-refractivity contribution in [3.05, 3.63) is 149 Å². The van der Waals surface area contributed by atoms with Gasteiger partial charge in [-0.1, -0.05) is 66.7 Å². The highest BCUT2D eigenvalue weighted by Gasteiger charge is 2.38. The van der Waals surface area contributed by atoms with Crippen LogP contribution < -0.4 is 0 Å². The van der Waals surface area contributed by atoms with Crippen molar-refractivity contribution in [3.8, 4) is 0 Å². The molecule has 0 bridgehead atoms. The summed E-state index contributed by atoms with van der Waals surface area (Å²) in [5.74, 6) is -0.707. The molecule has 0 radical (unpaired) electrons. The molecule has 6 rings (SSSR count). The molecule has 2 aliphatic heterocycles. The molecule has 206 valence electrons. The lowest BCUT2D eigenvalue weighted by atomic mass is 9.96. The van der Waals surface area contributed by atoms with Crippen LogP contribution in [0.3, 0.4) is 0 Å². The summed E-state index contributed by atoms with van der Waals surface area (Å²) in [6.45, 7) is 2.26. The lowest BCUT2D eigenvalue weighted by molar-refractivity contribution is -0.136. The molecule has 5 nitrogen and oxygen atoms in total. The smallest absolute Gasteiger partial charge is 0.290 e. The summed E-state index contributed by atoms with van der Waals surface area (Å²) in [6.07, 6.45) is 1.67. The van der Waals surface area contributed by atoms with Gasteiger partial charge in [0.1, 0.15) is 23.1 Å². The Hall–Kier alpha value is -4.53. The maximum Gasteiger partial charge on any atom is 0.292 e. The molecular formula is C33H27F3N4O. The Morgan fingerprint density at radius 2 is 1.17 bits per heavy atom. The van der Waals surface area contributed by atoms with E-state index in [4.69, 9.17) is 4.99 Å². The van der Waals surface area contributed by atoms with Gasteiger partial charge in [0.2, 0.25) is 0 Å². The monoisotopic (exact) mass is 552 g/mol. The van der Waals surface area contributed by atoms with E-state index in [1.165, 1.54) is 36.4 Å². The van der Waals surface area contributed by atoms with E-state index in [0.29, 0.717) is 37.6 Å². The molecule has 1 amide bonds. The van der Waals surface area contributed by atoms with Gasteiger partial charge in [-0.25, -0.2) is 28.2 Å². The number of halogens is 3. The first kappa shape index (κ1) is 26.7. The maximum atomic E-state index is 13.7. The van der Waals surface area contributed by atoms with E-state index in [1.807, 2.05) is 35.3 Å². The summed E-state index contributed by atoms with van der Waals surface area (Å²) < 4.78 is 40.9. The summed E-state index contributed by atoms with van der Waals surface area (Å²) in [6, 6.07) is 28.0. The van der Waals surface area contributed by atoms with Crippen molar-refractivity contribution in [3.63, 3.8) is 0 Å². The minimum Gasteiger partial charge on any atom is -0.290 e. The average molecular weight is 553 g/mol. The lowest BCUT2D eigenvalue weighted by Gasteiger charge is -2.42. The normalized spacial score (nSPS) is 17.5. The number of amidine groups is 1. The zero-order chi connectivity index (χ0) is 28.3. The number of hydrogen-bond acceptors (Lipinski definition) is 4. The molecule has 0 saturated carbocycles. The van der Waals surface area contributed by atoms with Crippen LogP contribution in [0.25, 0.3) is 6.08 Å². The standard InChI is InChI=1S/C33H27F3N4O/c34-27-12-6-23(7-13-27)22-30-33(41)40(32(37-30)26-4-2-1-3-5-26)39-20-18-38(19-21-39)31(24-8-14-28(35)15-9-24)25-10-16-29(36)17-11-25/h1-17,22,31H,18-21H2/b30-22-. The van der Waals surface area contributed by atoms with Crippen molar-refractivity contribution < 1.29 is 18.0 Å². The quantitative estimate of drug-likeness (QED) is 0.273. The number of hydrazine groups is 1. The van der Waals surface area contributed by atoms with Crippen molar-refractivity contribution in [2.24, 2.45) is 4.99 Å². The Morgan fingerprint density at radius 3 is 1.71 bits per heavy atom. The van der Waals surface area contributed by atoms with Gasteiger partial charge in [-0.2, -0.15) is 0 Å². The molecule has 0 aliphatic carbocycles. The van der Waals surface area contributed by atoms with Crippen LogP contribution in [0.5, 0.6) is 0 Å². The fraction of sp³-hybridized carbons (Fsp3) is 0.152. The van der Waals surface area contributed by atoms with Gasteiger partial charge in [0.05, 0.1) is 6.04 Å². The number of hydrogen-bond donors (Lipinski definition) is 0. The van der Waals surface area contributed by atoms with Crippen LogP contribution in [0, 0.1) is 17.5 Å². The van der Waals surface area contributed by atoms with Gasteiger partial charge in [0.15, 0.2) is 5.84 Å². The molecule has 0 aromatic heterocycles. The highest BCUT2D eigenvalue weighted by atomic mass is 19.1. The number of amides is 1. The Kier molecular flexibility index (Phi) is 7.50. The minimum atomic E-state index is -0.350. The molecule has 8 heteroatoms. The number of carbonyl (C=O) groups is 1. The van der Waals surface area contributed by atoms with Gasteiger partial charge >= 0.3 is 0 Å². The predicted octanol–water partition coefficient (Wildman–Crippen LogP) is 6.06. The summed E-state index contributed by atoms with van der Waals surface area (Å²) in [5.41, 5.74) is 3.56.